The third kappa shape index (κ3) is 6.55. The minimum absolute atomic E-state index is 0.0460. The number of nitriles is 1. The molecule has 1 N–H and O–H groups in total. The minimum Gasteiger partial charge on any atom is -0.443 e. The van der Waals surface area contributed by atoms with Crippen molar-refractivity contribution in [2.24, 2.45) is 5.92 Å². The lowest BCUT2D eigenvalue weighted by Gasteiger charge is -2.33. The molecule has 1 atom stereocenters. The summed E-state index contributed by atoms with van der Waals surface area (Å²) in [5.41, 5.74) is 0.614. The molecule has 3 aromatic rings. The second-order valence-corrected chi connectivity index (χ2v) is 12.0. The summed E-state index contributed by atoms with van der Waals surface area (Å²) in [6, 6.07) is 10.7. The average Bonchev–Trinajstić information content (AvgIpc) is 3.51. The Morgan fingerprint density at radius 3 is 2.63 bits per heavy atom. The Labute approximate surface area is 233 Å². The lowest BCUT2D eigenvalue weighted by atomic mass is 9.98. The minimum atomic E-state index is -0.621. The number of hydrogen-bond acceptors (Lipinski definition) is 6. The number of likely N-dealkylation sites (tertiary alicyclic amines) is 1. The highest BCUT2D eigenvalue weighted by Gasteiger charge is 2.28. The summed E-state index contributed by atoms with van der Waals surface area (Å²) >= 11 is 7.90. The van der Waals surface area contributed by atoms with Gasteiger partial charge in [-0.05, 0) is 88.2 Å². The monoisotopic (exact) mass is 555 g/mol. The van der Waals surface area contributed by atoms with E-state index in [-0.39, 0.29) is 5.91 Å². The highest BCUT2D eigenvalue weighted by molar-refractivity contribution is 7.97. The molecule has 0 bridgehead atoms. The van der Waals surface area contributed by atoms with Crippen molar-refractivity contribution in [1.29, 1.82) is 5.26 Å². The van der Waals surface area contributed by atoms with Crippen LogP contribution in [0.5, 0.6) is 0 Å². The summed E-state index contributed by atoms with van der Waals surface area (Å²) in [4.78, 5) is 29.0. The van der Waals surface area contributed by atoms with Crippen molar-refractivity contribution in [2.75, 3.05) is 13.1 Å². The number of nitrogens with zero attached hydrogens (tertiary/aromatic N) is 4. The first-order valence-electron chi connectivity index (χ1n) is 12.9. The van der Waals surface area contributed by atoms with E-state index in [1.54, 1.807) is 24.4 Å². The molecule has 4 rings (SSSR count). The first kappa shape index (κ1) is 28.1. The summed E-state index contributed by atoms with van der Waals surface area (Å²) in [6.07, 6.45) is 5.55. The molecule has 38 heavy (non-hydrogen) atoms. The van der Waals surface area contributed by atoms with Crippen LogP contribution in [0.1, 0.15) is 52.7 Å². The molecule has 202 valence electrons. The number of nitrogens with one attached hydrogen (secondary N) is 1. The van der Waals surface area contributed by atoms with Gasteiger partial charge in [-0.2, -0.15) is 5.26 Å². The SMILES string of the molecule is CC1CCN(C(=O)C(CCn2cccc2C#N)NSc2c(Cl)ccc3c2ccn3C(=O)OC(C)(C)C)CC1. The Balaban J connectivity index is 1.56. The van der Waals surface area contributed by atoms with Crippen LogP contribution in [-0.2, 0) is 16.1 Å². The second kappa shape index (κ2) is 11.9. The standard InChI is InChI=1S/C28H34ClN5O3S/c1-19-9-14-33(15-10-19)26(35)23(12-16-32-13-5-6-20(32)18-30)31-38-25-21-11-17-34(24(21)8-7-22(25)29)27(36)37-28(2,3)4/h5-8,11,13,17,19,23,31H,9-10,12,14-16H2,1-4H3. The predicted octanol–water partition coefficient (Wildman–Crippen LogP) is 6.07. The number of piperidine rings is 1. The number of rotatable bonds is 7. The Kier molecular flexibility index (Phi) is 8.76. The van der Waals surface area contributed by atoms with Crippen molar-refractivity contribution in [3.63, 3.8) is 0 Å². The van der Waals surface area contributed by atoms with Gasteiger partial charge in [0.2, 0.25) is 5.91 Å². The zero-order valence-electron chi connectivity index (χ0n) is 22.2. The summed E-state index contributed by atoms with van der Waals surface area (Å²) in [7, 11) is 0. The van der Waals surface area contributed by atoms with Crippen molar-refractivity contribution >= 4 is 46.5 Å². The molecule has 1 aliphatic rings. The molecule has 1 amide bonds. The number of carbonyl (C=O) groups excluding carboxylic acids is 2. The zero-order chi connectivity index (χ0) is 27.4. The average molecular weight is 556 g/mol. The van der Waals surface area contributed by atoms with Gasteiger partial charge in [0, 0.05) is 37.4 Å². The molecule has 8 nitrogen and oxygen atoms in total. The molecule has 3 heterocycles. The Hall–Kier alpha value is -2.93. The maximum absolute atomic E-state index is 13.6. The van der Waals surface area contributed by atoms with E-state index in [4.69, 9.17) is 16.3 Å². The molecule has 0 aliphatic carbocycles. The number of aryl methyl sites for hydroxylation is 1. The topological polar surface area (TPSA) is 92.3 Å². The van der Waals surface area contributed by atoms with E-state index in [0.29, 0.717) is 35.1 Å². The second-order valence-electron chi connectivity index (χ2n) is 10.7. The number of benzene rings is 1. The van der Waals surface area contributed by atoms with Crippen molar-refractivity contribution in [3.05, 3.63) is 53.4 Å². The van der Waals surface area contributed by atoms with Crippen LogP contribution in [0, 0.1) is 17.2 Å². The van der Waals surface area contributed by atoms with Crippen molar-refractivity contribution in [3.8, 4) is 6.07 Å². The molecule has 0 radical (unpaired) electrons. The molecule has 1 aromatic carbocycles. The number of aromatic nitrogens is 2. The van der Waals surface area contributed by atoms with Gasteiger partial charge in [-0.3, -0.25) is 9.36 Å². The Morgan fingerprint density at radius 2 is 1.95 bits per heavy atom. The number of amides is 1. The van der Waals surface area contributed by atoms with Gasteiger partial charge in [0.05, 0.1) is 21.5 Å². The van der Waals surface area contributed by atoms with Crippen molar-refractivity contribution in [2.45, 2.75) is 70.0 Å². The van der Waals surface area contributed by atoms with Crippen LogP contribution >= 0.6 is 23.5 Å². The number of carbonyl (C=O) groups is 2. The lowest BCUT2D eigenvalue weighted by molar-refractivity contribution is -0.134. The molecule has 1 unspecified atom stereocenters. The highest BCUT2D eigenvalue weighted by Crippen LogP contribution is 2.35. The predicted molar refractivity (Wildman–Crippen MR) is 150 cm³/mol. The molecular weight excluding hydrogens is 522 g/mol. The van der Waals surface area contributed by atoms with Crippen LogP contribution in [0.25, 0.3) is 10.9 Å². The van der Waals surface area contributed by atoms with Gasteiger partial charge in [-0.25, -0.2) is 9.52 Å². The van der Waals surface area contributed by atoms with E-state index in [1.807, 2.05) is 48.6 Å². The van der Waals surface area contributed by atoms with Crippen LogP contribution in [-0.4, -0.2) is 50.8 Å². The first-order valence-corrected chi connectivity index (χ1v) is 14.1. The normalized spacial score (nSPS) is 15.4. The van der Waals surface area contributed by atoms with E-state index in [2.05, 4.69) is 17.7 Å². The lowest BCUT2D eigenvalue weighted by Crippen LogP contribution is -2.47. The fourth-order valence-corrected chi connectivity index (χ4v) is 5.74. The van der Waals surface area contributed by atoms with E-state index in [0.717, 1.165) is 36.2 Å². The molecule has 10 heteroatoms. The number of hydrogen-bond donors (Lipinski definition) is 1. The summed E-state index contributed by atoms with van der Waals surface area (Å²) in [5, 5.41) is 10.7. The maximum Gasteiger partial charge on any atom is 0.418 e. The van der Waals surface area contributed by atoms with Gasteiger partial charge in [-0.15, -0.1) is 0 Å². The molecule has 1 fully saturated rings. The van der Waals surface area contributed by atoms with E-state index in [1.165, 1.54) is 16.5 Å². The molecule has 0 spiro atoms. The molecule has 1 aliphatic heterocycles. The fourth-order valence-electron chi connectivity index (χ4n) is 4.53. The van der Waals surface area contributed by atoms with Crippen LogP contribution in [0.15, 0.2) is 47.6 Å². The number of fused-ring (bicyclic) bond motifs is 1. The highest BCUT2D eigenvalue weighted by atomic mass is 35.5. The van der Waals surface area contributed by atoms with Gasteiger partial charge in [0.15, 0.2) is 0 Å². The molecule has 0 saturated carbocycles. The van der Waals surface area contributed by atoms with Gasteiger partial charge < -0.3 is 14.2 Å². The molecule has 1 saturated heterocycles. The smallest absolute Gasteiger partial charge is 0.418 e. The zero-order valence-corrected chi connectivity index (χ0v) is 23.8. The third-order valence-corrected chi connectivity index (χ3v) is 8.14. The fraction of sp³-hybridized carbons (Fsp3) is 0.464. The van der Waals surface area contributed by atoms with Gasteiger partial charge in [0.25, 0.3) is 0 Å². The summed E-state index contributed by atoms with van der Waals surface area (Å²) in [5.74, 6) is 0.660. The third-order valence-electron chi connectivity index (χ3n) is 6.66. The maximum atomic E-state index is 13.6. The summed E-state index contributed by atoms with van der Waals surface area (Å²) in [6.45, 7) is 9.70. The summed E-state index contributed by atoms with van der Waals surface area (Å²) < 4.78 is 12.2. The number of ether oxygens (including phenoxy) is 1. The van der Waals surface area contributed by atoms with Crippen LogP contribution in [0.2, 0.25) is 5.02 Å². The van der Waals surface area contributed by atoms with Crippen molar-refractivity contribution < 1.29 is 14.3 Å². The van der Waals surface area contributed by atoms with Crippen LogP contribution < -0.4 is 4.72 Å². The first-order chi connectivity index (χ1) is 18.1. The van der Waals surface area contributed by atoms with E-state index < -0.39 is 17.7 Å². The van der Waals surface area contributed by atoms with Crippen LogP contribution in [0.3, 0.4) is 0 Å². The number of halogens is 1. The van der Waals surface area contributed by atoms with Crippen molar-refractivity contribution in [1.82, 2.24) is 18.8 Å². The quantitative estimate of drug-likeness (QED) is 0.356. The van der Waals surface area contributed by atoms with Gasteiger partial charge >= 0.3 is 6.09 Å². The Bertz CT molecular complexity index is 1340. The van der Waals surface area contributed by atoms with Gasteiger partial charge in [-0.1, -0.05) is 18.5 Å². The Morgan fingerprint density at radius 1 is 1.21 bits per heavy atom. The molecular formula is C28H34ClN5O3S. The molecule has 2 aromatic heterocycles. The van der Waals surface area contributed by atoms with Gasteiger partial charge in [0.1, 0.15) is 17.4 Å². The van der Waals surface area contributed by atoms with E-state index in [9.17, 15) is 14.9 Å². The van der Waals surface area contributed by atoms with E-state index >= 15 is 0 Å². The van der Waals surface area contributed by atoms with Crippen LogP contribution in [0.4, 0.5) is 4.79 Å². The largest absolute Gasteiger partial charge is 0.443 e.